The van der Waals surface area contributed by atoms with Crippen molar-refractivity contribution in [2.24, 2.45) is 0 Å². The van der Waals surface area contributed by atoms with Crippen molar-refractivity contribution in [2.75, 3.05) is 0 Å². The normalized spacial score (nSPS) is 10.1. The first kappa shape index (κ1) is 14.5. The second-order valence-electron chi connectivity index (χ2n) is 4.54. The summed E-state index contributed by atoms with van der Waals surface area (Å²) in [5, 5.41) is 18.5. The van der Waals surface area contributed by atoms with Gasteiger partial charge in [0.2, 0.25) is 0 Å². The Balaban J connectivity index is 2.74. The summed E-state index contributed by atoms with van der Waals surface area (Å²) in [7, 11) is 0. The lowest BCUT2D eigenvalue weighted by Crippen LogP contribution is -2.16. The maximum atomic E-state index is 12.5. The fourth-order valence-corrected chi connectivity index (χ4v) is 2.10. The standard InChI is InChI=1S/C16H12O5/c1-9-7-11(15(18)19)13(12(8-9)16(20)21)14(17)10-5-3-2-4-6-10/h2-8H,1H3,(H,18,19)(H,20,21). The van der Waals surface area contributed by atoms with Gasteiger partial charge in [0.15, 0.2) is 5.78 Å². The second kappa shape index (κ2) is 5.58. The average Bonchev–Trinajstić information content (AvgIpc) is 2.46. The molecule has 106 valence electrons. The maximum absolute atomic E-state index is 12.5. The lowest BCUT2D eigenvalue weighted by atomic mass is 9.91. The molecule has 0 radical (unpaired) electrons. The molecule has 2 rings (SSSR count). The van der Waals surface area contributed by atoms with E-state index >= 15 is 0 Å². The molecule has 0 aliphatic heterocycles. The summed E-state index contributed by atoms with van der Waals surface area (Å²) in [6, 6.07) is 10.6. The van der Waals surface area contributed by atoms with Crippen molar-refractivity contribution >= 4 is 17.7 Å². The number of carbonyl (C=O) groups excluding carboxylic acids is 1. The Hall–Kier alpha value is -2.95. The largest absolute Gasteiger partial charge is 0.478 e. The summed E-state index contributed by atoms with van der Waals surface area (Å²) in [5.74, 6) is -3.29. The van der Waals surface area contributed by atoms with Gasteiger partial charge in [0.05, 0.1) is 16.7 Å². The molecule has 0 aliphatic rings. The van der Waals surface area contributed by atoms with Crippen LogP contribution in [-0.2, 0) is 0 Å². The molecule has 0 spiro atoms. The summed E-state index contributed by atoms with van der Waals surface area (Å²) in [5.41, 5.74) is -0.199. The van der Waals surface area contributed by atoms with Crippen molar-refractivity contribution < 1.29 is 24.6 Å². The highest BCUT2D eigenvalue weighted by atomic mass is 16.4. The van der Waals surface area contributed by atoms with Gasteiger partial charge in [-0.1, -0.05) is 30.3 Å². The molecule has 0 bridgehead atoms. The predicted octanol–water partition coefficient (Wildman–Crippen LogP) is 2.62. The van der Waals surface area contributed by atoms with Crippen molar-refractivity contribution in [2.45, 2.75) is 6.92 Å². The Kier molecular flexibility index (Phi) is 3.84. The van der Waals surface area contributed by atoms with Crippen LogP contribution in [-0.4, -0.2) is 27.9 Å². The van der Waals surface area contributed by atoms with Gasteiger partial charge in [0.1, 0.15) is 0 Å². The van der Waals surface area contributed by atoms with Crippen molar-refractivity contribution in [3.8, 4) is 0 Å². The van der Waals surface area contributed by atoms with Gasteiger partial charge in [-0.05, 0) is 24.6 Å². The molecule has 5 heteroatoms. The Labute approximate surface area is 120 Å². The molecule has 0 saturated carbocycles. The Morgan fingerprint density at radius 2 is 1.33 bits per heavy atom. The number of aromatic carboxylic acids is 2. The molecule has 0 heterocycles. The number of carboxylic acids is 2. The van der Waals surface area contributed by atoms with Gasteiger partial charge < -0.3 is 10.2 Å². The fourth-order valence-electron chi connectivity index (χ4n) is 2.10. The molecule has 0 amide bonds. The minimum Gasteiger partial charge on any atom is -0.478 e. The number of carbonyl (C=O) groups is 3. The molecule has 2 aromatic rings. The van der Waals surface area contributed by atoms with E-state index in [0.717, 1.165) is 0 Å². The van der Waals surface area contributed by atoms with Crippen molar-refractivity contribution in [3.63, 3.8) is 0 Å². The number of hydrogen-bond donors (Lipinski definition) is 2. The van der Waals surface area contributed by atoms with Gasteiger partial charge >= 0.3 is 11.9 Å². The molecular formula is C16H12O5. The average molecular weight is 284 g/mol. The van der Waals surface area contributed by atoms with Gasteiger partial charge in [0.25, 0.3) is 0 Å². The Bertz CT molecular complexity index is 697. The zero-order valence-corrected chi connectivity index (χ0v) is 11.2. The highest BCUT2D eigenvalue weighted by molar-refractivity contribution is 6.18. The molecule has 0 atom stereocenters. The quantitative estimate of drug-likeness (QED) is 0.842. The molecule has 5 nitrogen and oxygen atoms in total. The zero-order valence-electron chi connectivity index (χ0n) is 11.2. The molecule has 2 aromatic carbocycles. The van der Waals surface area contributed by atoms with Crippen LogP contribution in [0, 0.1) is 6.92 Å². The molecule has 2 N–H and O–H groups in total. The van der Waals surface area contributed by atoms with Crippen LogP contribution in [0.4, 0.5) is 0 Å². The monoisotopic (exact) mass is 284 g/mol. The lowest BCUT2D eigenvalue weighted by molar-refractivity contribution is 0.0689. The summed E-state index contributed by atoms with van der Waals surface area (Å²) < 4.78 is 0. The summed E-state index contributed by atoms with van der Waals surface area (Å²) in [6.07, 6.45) is 0. The highest BCUT2D eigenvalue weighted by Gasteiger charge is 2.25. The smallest absolute Gasteiger partial charge is 0.336 e. The van der Waals surface area contributed by atoms with Crippen LogP contribution < -0.4 is 0 Å². The SMILES string of the molecule is Cc1cc(C(=O)O)c(C(=O)c2ccccc2)c(C(=O)O)c1. The van der Waals surface area contributed by atoms with Crippen molar-refractivity contribution in [1.29, 1.82) is 0 Å². The van der Waals surface area contributed by atoms with Crippen molar-refractivity contribution in [3.05, 3.63) is 70.3 Å². The molecule has 0 saturated heterocycles. The first-order valence-electron chi connectivity index (χ1n) is 6.12. The van der Waals surface area contributed by atoms with Crippen LogP contribution in [0.3, 0.4) is 0 Å². The van der Waals surface area contributed by atoms with E-state index in [1.165, 1.54) is 24.3 Å². The van der Waals surface area contributed by atoms with E-state index < -0.39 is 17.7 Å². The number of hydrogen-bond acceptors (Lipinski definition) is 3. The predicted molar refractivity (Wildman–Crippen MR) is 75.0 cm³/mol. The van der Waals surface area contributed by atoms with E-state index in [1.54, 1.807) is 25.1 Å². The number of ketones is 1. The van der Waals surface area contributed by atoms with Crippen LogP contribution in [0.15, 0.2) is 42.5 Å². The van der Waals surface area contributed by atoms with E-state index in [-0.39, 0.29) is 22.3 Å². The van der Waals surface area contributed by atoms with Crippen LogP contribution in [0.1, 0.15) is 42.2 Å². The topological polar surface area (TPSA) is 91.7 Å². The fraction of sp³-hybridized carbons (Fsp3) is 0.0625. The van der Waals surface area contributed by atoms with Crippen LogP contribution in [0.2, 0.25) is 0 Å². The highest BCUT2D eigenvalue weighted by Crippen LogP contribution is 2.22. The van der Waals surface area contributed by atoms with Gasteiger partial charge in [-0.15, -0.1) is 0 Å². The Morgan fingerprint density at radius 1 is 0.857 bits per heavy atom. The van der Waals surface area contributed by atoms with Crippen molar-refractivity contribution in [1.82, 2.24) is 0 Å². The summed E-state index contributed by atoms with van der Waals surface area (Å²) in [4.78, 5) is 35.2. The third-order valence-corrected chi connectivity index (χ3v) is 3.01. The van der Waals surface area contributed by atoms with E-state index in [2.05, 4.69) is 0 Å². The Morgan fingerprint density at radius 3 is 1.76 bits per heavy atom. The van der Waals surface area contributed by atoms with Gasteiger partial charge in [0, 0.05) is 5.56 Å². The van der Waals surface area contributed by atoms with Gasteiger partial charge in [-0.25, -0.2) is 9.59 Å². The summed E-state index contributed by atoms with van der Waals surface area (Å²) in [6.45, 7) is 1.58. The number of benzene rings is 2. The molecule has 0 fully saturated rings. The van der Waals surface area contributed by atoms with Gasteiger partial charge in [-0.3, -0.25) is 4.79 Å². The number of rotatable bonds is 4. The molecule has 0 unspecified atom stereocenters. The third kappa shape index (κ3) is 2.81. The van der Waals surface area contributed by atoms with Crippen LogP contribution in [0.25, 0.3) is 0 Å². The number of aryl methyl sites for hydroxylation is 1. The lowest BCUT2D eigenvalue weighted by Gasteiger charge is -2.10. The molecule has 21 heavy (non-hydrogen) atoms. The minimum absolute atomic E-state index is 0.242. The van der Waals surface area contributed by atoms with Crippen LogP contribution in [0.5, 0.6) is 0 Å². The first-order chi connectivity index (χ1) is 9.91. The van der Waals surface area contributed by atoms with E-state index in [0.29, 0.717) is 5.56 Å². The maximum Gasteiger partial charge on any atom is 0.336 e. The van der Waals surface area contributed by atoms with Gasteiger partial charge in [-0.2, -0.15) is 0 Å². The zero-order chi connectivity index (χ0) is 15.6. The summed E-state index contributed by atoms with van der Waals surface area (Å²) >= 11 is 0. The molecule has 0 aromatic heterocycles. The number of carboxylic acid groups (broad SMARTS) is 2. The first-order valence-corrected chi connectivity index (χ1v) is 6.12. The third-order valence-electron chi connectivity index (χ3n) is 3.01. The second-order valence-corrected chi connectivity index (χ2v) is 4.54. The minimum atomic E-state index is -1.33. The van der Waals surface area contributed by atoms with E-state index in [9.17, 15) is 24.6 Å². The van der Waals surface area contributed by atoms with Crippen LogP contribution >= 0.6 is 0 Å². The molecular weight excluding hydrogens is 272 g/mol. The van der Waals surface area contributed by atoms with E-state index in [1.807, 2.05) is 0 Å². The van der Waals surface area contributed by atoms with E-state index in [4.69, 9.17) is 0 Å². The molecule has 0 aliphatic carbocycles.